The Kier molecular flexibility index (Phi) is 7.06. The van der Waals surface area contributed by atoms with E-state index in [0.717, 1.165) is 31.4 Å². The SMILES string of the molecule is C=C(C)C(=O)Nc1cccc(CCCC)c1CCCC. The molecule has 0 spiro atoms. The third-order valence-corrected chi connectivity index (χ3v) is 3.49. The highest BCUT2D eigenvalue weighted by Gasteiger charge is 2.11. The number of nitrogens with one attached hydrogen (secondary N) is 1. The lowest BCUT2D eigenvalue weighted by atomic mass is 9.96. The highest BCUT2D eigenvalue weighted by atomic mass is 16.1. The van der Waals surface area contributed by atoms with Crippen molar-refractivity contribution in [3.05, 3.63) is 41.5 Å². The van der Waals surface area contributed by atoms with Crippen molar-refractivity contribution in [2.75, 3.05) is 5.32 Å². The molecule has 1 aromatic rings. The second-order valence-corrected chi connectivity index (χ2v) is 5.38. The summed E-state index contributed by atoms with van der Waals surface area (Å²) in [4.78, 5) is 11.9. The second kappa shape index (κ2) is 8.57. The van der Waals surface area contributed by atoms with Crippen LogP contribution in [-0.2, 0) is 17.6 Å². The third kappa shape index (κ3) is 4.84. The third-order valence-electron chi connectivity index (χ3n) is 3.49. The maximum atomic E-state index is 11.9. The fraction of sp³-hybridized carbons (Fsp3) is 0.500. The molecule has 1 aromatic carbocycles. The van der Waals surface area contributed by atoms with Crippen LogP contribution in [0.25, 0.3) is 0 Å². The predicted octanol–water partition coefficient (Wildman–Crippen LogP) is 4.89. The molecule has 20 heavy (non-hydrogen) atoms. The predicted molar refractivity (Wildman–Crippen MR) is 87.1 cm³/mol. The topological polar surface area (TPSA) is 29.1 Å². The fourth-order valence-corrected chi connectivity index (χ4v) is 2.23. The highest BCUT2D eigenvalue weighted by molar-refractivity contribution is 6.03. The molecule has 2 heteroatoms. The Labute approximate surface area is 123 Å². The molecule has 0 atom stereocenters. The van der Waals surface area contributed by atoms with Crippen LogP contribution in [0.5, 0.6) is 0 Å². The van der Waals surface area contributed by atoms with Crippen LogP contribution in [-0.4, -0.2) is 5.91 Å². The minimum Gasteiger partial charge on any atom is -0.322 e. The molecule has 0 aliphatic rings. The lowest BCUT2D eigenvalue weighted by Crippen LogP contribution is -2.14. The zero-order chi connectivity index (χ0) is 15.0. The monoisotopic (exact) mass is 273 g/mol. The van der Waals surface area contributed by atoms with Gasteiger partial charge in [-0.15, -0.1) is 0 Å². The maximum absolute atomic E-state index is 11.9. The van der Waals surface area contributed by atoms with E-state index in [1.54, 1.807) is 6.92 Å². The van der Waals surface area contributed by atoms with Crippen LogP contribution in [0.3, 0.4) is 0 Å². The van der Waals surface area contributed by atoms with E-state index in [2.05, 4.69) is 31.8 Å². The van der Waals surface area contributed by atoms with Gasteiger partial charge < -0.3 is 5.32 Å². The van der Waals surface area contributed by atoms with Gasteiger partial charge in [-0.25, -0.2) is 0 Å². The summed E-state index contributed by atoms with van der Waals surface area (Å²) in [6.07, 6.45) is 6.82. The van der Waals surface area contributed by atoms with E-state index >= 15 is 0 Å². The van der Waals surface area contributed by atoms with Crippen molar-refractivity contribution >= 4 is 11.6 Å². The Morgan fingerprint density at radius 1 is 1.15 bits per heavy atom. The van der Waals surface area contributed by atoms with Crippen LogP contribution >= 0.6 is 0 Å². The summed E-state index contributed by atoms with van der Waals surface area (Å²) in [5.41, 5.74) is 4.18. The number of aryl methyl sites for hydroxylation is 1. The number of hydrogen-bond acceptors (Lipinski definition) is 1. The molecule has 0 saturated carbocycles. The van der Waals surface area contributed by atoms with Crippen LogP contribution < -0.4 is 5.32 Å². The van der Waals surface area contributed by atoms with E-state index in [0.29, 0.717) is 5.57 Å². The van der Waals surface area contributed by atoms with Crippen molar-refractivity contribution in [3.63, 3.8) is 0 Å². The first kappa shape index (κ1) is 16.5. The van der Waals surface area contributed by atoms with Gasteiger partial charge in [0.25, 0.3) is 5.91 Å². The summed E-state index contributed by atoms with van der Waals surface area (Å²) in [6.45, 7) is 9.84. The molecule has 0 unspecified atom stereocenters. The molecule has 110 valence electrons. The summed E-state index contributed by atoms with van der Waals surface area (Å²) >= 11 is 0. The molecule has 0 radical (unpaired) electrons. The van der Waals surface area contributed by atoms with Gasteiger partial charge in [0.15, 0.2) is 0 Å². The van der Waals surface area contributed by atoms with Crippen molar-refractivity contribution in [1.82, 2.24) is 0 Å². The summed E-state index contributed by atoms with van der Waals surface area (Å²) in [7, 11) is 0. The Morgan fingerprint density at radius 2 is 1.80 bits per heavy atom. The normalized spacial score (nSPS) is 10.3. The number of unbranched alkanes of at least 4 members (excludes halogenated alkanes) is 2. The van der Waals surface area contributed by atoms with Crippen molar-refractivity contribution < 1.29 is 4.79 Å². The van der Waals surface area contributed by atoms with E-state index in [1.165, 1.54) is 24.0 Å². The first-order chi connectivity index (χ1) is 9.60. The van der Waals surface area contributed by atoms with E-state index in [9.17, 15) is 4.79 Å². The zero-order valence-corrected chi connectivity index (χ0v) is 13.1. The molecule has 0 heterocycles. The number of carbonyl (C=O) groups is 1. The van der Waals surface area contributed by atoms with Crippen molar-refractivity contribution in [2.24, 2.45) is 0 Å². The number of amides is 1. The van der Waals surface area contributed by atoms with Crippen molar-refractivity contribution in [1.29, 1.82) is 0 Å². The molecule has 2 nitrogen and oxygen atoms in total. The summed E-state index contributed by atoms with van der Waals surface area (Å²) in [5.74, 6) is -0.0876. The largest absolute Gasteiger partial charge is 0.322 e. The van der Waals surface area contributed by atoms with Gasteiger partial charge in [-0.05, 0) is 49.8 Å². The average molecular weight is 273 g/mol. The minimum absolute atomic E-state index is 0.0876. The smallest absolute Gasteiger partial charge is 0.250 e. The molecular formula is C18H27NO. The Bertz CT molecular complexity index is 462. The first-order valence-corrected chi connectivity index (χ1v) is 7.67. The average Bonchev–Trinajstić information content (AvgIpc) is 2.43. The molecule has 0 bridgehead atoms. The second-order valence-electron chi connectivity index (χ2n) is 5.38. The van der Waals surface area contributed by atoms with Gasteiger partial charge in [-0.1, -0.05) is 45.4 Å². The molecule has 0 aliphatic carbocycles. The van der Waals surface area contributed by atoms with Crippen LogP contribution in [0.15, 0.2) is 30.4 Å². The quantitative estimate of drug-likeness (QED) is 0.671. The van der Waals surface area contributed by atoms with Crippen molar-refractivity contribution in [3.8, 4) is 0 Å². The van der Waals surface area contributed by atoms with Gasteiger partial charge in [0.05, 0.1) is 0 Å². The van der Waals surface area contributed by atoms with Gasteiger partial charge in [0.1, 0.15) is 0 Å². The van der Waals surface area contributed by atoms with E-state index in [-0.39, 0.29) is 5.91 Å². The lowest BCUT2D eigenvalue weighted by molar-refractivity contribution is -0.112. The number of carbonyl (C=O) groups excluding carboxylic acids is 1. The van der Waals surface area contributed by atoms with Crippen LogP contribution in [0.1, 0.15) is 57.6 Å². The number of hydrogen-bond donors (Lipinski definition) is 1. The lowest BCUT2D eigenvalue weighted by Gasteiger charge is -2.15. The van der Waals surface area contributed by atoms with Gasteiger partial charge in [-0.2, -0.15) is 0 Å². The number of anilines is 1. The molecule has 0 aromatic heterocycles. The van der Waals surface area contributed by atoms with E-state index < -0.39 is 0 Å². The Hall–Kier alpha value is -1.57. The van der Waals surface area contributed by atoms with E-state index in [1.807, 2.05) is 12.1 Å². The molecule has 1 rings (SSSR count). The van der Waals surface area contributed by atoms with Crippen LogP contribution in [0, 0.1) is 0 Å². The molecule has 0 aliphatic heterocycles. The standard InChI is InChI=1S/C18H27NO/c1-5-7-10-15-11-9-13-17(16(15)12-8-6-2)19-18(20)14(3)4/h9,11,13H,3,5-8,10,12H2,1-2,4H3,(H,19,20). The van der Waals surface area contributed by atoms with Crippen molar-refractivity contribution in [2.45, 2.75) is 59.3 Å². The summed E-state index contributed by atoms with van der Waals surface area (Å²) < 4.78 is 0. The Morgan fingerprint density at radius 3 is 2.40 bits per heavy atom. The van der Waals surface area contributed by atoms with Crippen LogP contribution in [0.4, 0.5) is 5.69 Å². The molecule has 0 saturated heterocycles. The highest BCUT2D eigenvalue weighted by Crippen LogP contribution is 2.24. The molecule has 0 fully saturated rings. The van der Waals surface area contributed by atoms with Gasteiger partial charge >= 0.3 is 0 Å². The molecular weight excluding hydrogens is 246 g/mol. The first-order valence-electron chi connectivity index (χ1n) is 7.67. The van der Waals surface area contributed by atoms with Crippen LogP contribution in [0.2, 0.25) is 0 Å². The minimum atomic E-state index is -0.0876. The number of rotatable bonds is 8. The van der Waals surface area contributed by atoms with Gasteiger partial charge in [0.2, 0.25) is 0 Å². The summed E-state index contributed by atoms with van der Waals surface area (Å²) in [5, 5.41) is 3.00. The zero-order valence-electron chi connectivity index (χ0n) is 13.1. The summed E-state index contributed by atoms with van der Waals surface area (Å²) in [6, 6.07) is 6.23. The fourth-order valence-electron chi connectivity index (χ4n) is 2.23. The van der Waals surface area contributed by atoms with Gasteiger partial charge in [-0.3, -0.25) is 4.79 Å². The maximum Gasteiger partial charge on any atom is 0.250 e. The number of benzene rings is 1. The molecule has 1 N–H and O–H groups in total. The van der Waals surface area contributed by atoms with E-state index in [4.69, 9.17) is 0 Å². The molecule has 1 amide bonds. The Balaban J connectivity index is 3.00. The van der Waals surface area contributed by atoms with Gasteiger partial charge in [0, 0.05) is 11.3 Å².